The Balaban J connectivity index is 0.000000208. The van der Waals surface area contributed by atoms with E-state index in [-0.39, 0.29) is 25.7 Å². The minimum atomic E-state index is -2.19. The summed E-state index contributed by atoms with van der Waals surface area (Å²) in [4.78, 5) is 8.96. The summed E-state index contributed by atoms with van der Waals surface area (Å²) in [5.41, 5.74) is 7.65. The van der Waals surface area contributed by atoms with E-state index >= 15 is 0 Å². The second-order valence-electron chi connectivity index (χ2n) is 13.2. The smallest absolute Gasteiger partial charge is 0 e. The van der Waals surface area contributed by atoms with Gasteiger partial charge in [-0.3, -0.25) is 0 Å². The van der Waals surface area contributed by atoms with Crippen molar-refractivity contribution in [2.75, 3.05) is 0 Å². The van der Waals surface area contributed by atoms with Gasteiger partial charge < -0.3 is 9.40 Å². The predicted molar refractivity (Wildman–Crippen MR) is 194 cm³/mol. The van der Waals surface area contributed by atoms with Crippen molar-refractivity contribution >= 4 is 58.0 Å². The summed E-state index contributed by atoms with van der Waals surface area (Å²) < 4.78 is 31.0. The van der Waals surface area contributed by atoms with E-state index in [1.165, 1.54) is 38.2 Å². The molecule has 0 amide bonds. The standard InChI is InChI=1S/C26H20NOSi.C14H16GeN.Ir/c1-16-11-12-27-22(13-16)19-9-6-8-18-20-15-25-21(14-23(20)28-26(18)19)17-7-4-5-10-24(17)29(25,2)3;1-15(2,3)13-9-10-14(16-11-13)12-7-5-4-6-8-12;/h4-8,10-15H,1-3H3;4-7,9-11H,1-3H3;/q2*-1;/i1D3;;. The van der Waals surface area contributed by atoms with Crippen LogP contribution in [0.5, 0.6) is 0 Å². The molecular formula is C40H36GeIrN2OSi-2. The number of benzene rings is 4. The monoisotopic (exact) mass is 858 g/mol. The van der Waals surface area contributed by atoms with E-state index in [1.54, 1.807) is 6.07 Å². The minimum absolute atomic E-state index is 0. The SMILES string of the molecule is [2H]C([2H])([2H])c1ccnc(-c2[c-]ccc3c2oc2cc4c(cc23)[Si](C)(C)c2ccccc2-4)c1.[CH3][Ge]([CH3])([CH3])[c]1ccc(-c2[c-]cccc2)nc1.[Ir]. The van der Waals surface area contributed by atoms with Crippen LogP contribution in [0.2, 0.25) is 30.4 Å². The van der Waals surface area contributed by atoms with E-state index in [1.807, 2.05) is 42.6 Å². The van der Waals surface area contributed by atoms with Gasteiger partial charge in [0.2, 0.25) is 0 Å². The fourth-order valence-electron chi connectivity index (χ4n) is 6.24. The zero-order valence-corrected chi connectivity index (χ0v) is 32.0. The van der Waals surface area contributed by atoms with E-state index in [9.17, 15) is 0 Å². The third kappa shape index (κ3) is 5.86. The summed E-state index contributed by atoms with van der Waals surface area (Å²) in [6.07, 6.45) is 3.57. The van der Waals surface area contributed by atoms with Crippen molar-refractivity contribution < 1.29 is 28.6 Å². The average molecular weight is 857 g/mol. The number of aromatic nitrogens is 2. The summed E-state index contributed by atoms with van der Waals surface area (Å²) in [5.74, 6) is 7.14. The fourth-order valence-corrected chi connectivity index (χ4v) is 11.5. The largest absolute Gasteiger partial charge is 0 e. The molecule has 4 aromatic carbocycles. The number of hydrogen-bond acceptors (Lipinski definition) is 3. The molecule has 8 rings (SSSR count). The quantitative estimate of drug-likeness (QED) is 0.132. The molecule has 1 aliphatic rings. The van der Waals surface area contributed by atoms with E-state index < -0.39 is 28.2 Å². The maximum Gasteiger partial charge on any atom is 0 e. The van der Waals surface area contributed by atoms with Crippen LogP contribution in [0.3, 0.4) is 0 Å². The third-order valence-electron chi connectivity index (χ3n) is 8.77. The van der Waals surface area contributed by atoms with Crippen molar-refractivity contribution in [2.24, 2.45) is 0 Å². The van der Waals surface area contributed by atoms with Gasteiger partial charge in [-0.25, -0.2) is 0 Å². The summed E-state index contributed by atoms with van der Waals surface area (Å²) in [6, 6.07) is 38.9. The molecular weight excluding hydrogens is 817 g/mol. The first-order valence-corrected chi connectivity index (χ1v) is 25.6. The Morgan fingerprint density at radius 2 is 1.59 bits per heavy atom. The van der Waals surface area contributed by atoms with Crippen molar-refractivity contribution in [2.45, 2.75) is 37.2 Å². The Morgan fingerprint density at radius 1 is 0.761 bits per heavy atom. The average Bonchev–Trinajstić information content (AvgIpc) is 3.55. The molecule has 0 aliphatic carbocycles. The summed E-state index contributed by atoms with van der Waals surface area (Å²) in [6.45, 7) is 2.61. The van der Waals surface area contributed by atoms with Crippen LogP contribution >= 0.6 is 0 Å². The van der Waals surface area contributed by atoms with Crippen LogP contribution in [-0.2, 0) is 20.1 Å². The Labute approximate surface area is 293 Å². The maximum absolute atomic E-state index is 7.73. The van der Waals surface area contributed by atoms with E-state index in [0.717, 1.165) is 27.6 Å². The molecule has 0 bridgehead atoms. The fraction of sp³-hybridized carbons (Fsp3) is 0.150. The number of hydrogen-bond donors (Lipinski definition) is 0. The van der Waals surface area contributed by atoms with Gasteiger partial charge in [-0.05, 0) is 46.2 Å². The second kappa shape index (κ2) is 12.5. The van der Waals surface area contributed by atoms with Crippen molar-refractivity contribution in [3.05, 3.63) is 127 Å². The van der Waals surface area contributed by atoms with Gasteiger partial charge >= 0.3 is 99.8 Å². The van der Waals surface area contributed by atoms with Crippen LogP contribution in [-0.4, -0.2) is 31.3 Å². The molecule has 0 N–H and O–H groups in total. The number of fused-ring (bicyclic) bond motifs is 6. The Kier molecular flexibility index (Phi) is 7.79. The van der Waals surface area contributed by atoms with Crippen LogP contribution in [0, 0.1) is 19.0 Å². The minimum Gasteiger partial charge on any atom is 0 e. The Hall–Kier alpha value is -3.61. The van der Waals surface area contributed by atoms with Crippen molar-refractivity contribution in [1.29, 1.82) is 0 Å². The number of rotatable bonds is 3. The van der Waals surface area contributed by atoms with Gasteiger partial charge in [-0.15, -0.1) is 18.2 Å². The molecule has 3 nitrogen and oxygen atoms in total. The molecule has 1 radical (unpaired) electrons. The second-order valence-corrected chi connectivity index (χ2v) is 28.1. The van der Waals surface area contributed by atoms with Gasteiger partial charge in [0, 0.05) is 35.8 Å². The van der Waals surface area contributed by atoms with Crippen LogP contribution in [0.1, 0.15) is 9.68 Å². The molecule has 6 heteroatoms. The van der Waals surface area contributed by atoms with Crippen molar-refractivity contribution in [1.82, 2.24) is 9.97 Å². The Morgan fingerprint density at radius 3 is 2.33 bits per heavy atom. The molecule has 0 spiro atoms. The maximum atomic E-state index is 7.73. The Bertz CT molecular complexity index is 2300. The van der Waals surface area contributed by atoms with E-state index in [2.05, 4.69) is 101 Å². The molecule has 231 valence electrons. The number of pyridine rings is 2. The number of aryl methyl sites for hydroxylation is 1. The molecule has 0 unspecified atom stereocenters. The van der Waals surface area contributed by atoms with Gasteiger partial charge in [0.1, 0.15) is 13.7 Å². The zero-order valence-electron chi connectivity index (χ0n) is 29.5. The molecule has 0 saturated carbocycles. The molecule has 1 aliphatic heterocycles. The van der Waals surface area contributed by atoms with Gasteiger partial charge in [0.05, 0.1) is 5.58 Å². The summed E-state index contributed by atoms with van der Waals surface area (Å²) in [7, 11) is -1.79. The molecule has 4 heterocycles. The van der Waals surface area contributed by atoms with Crippen LogP contribution in [0.4, 0.5) is 0 Å². The van der Waals surface area contributed by atoms with E-state index in [0.29, 0.717) is 16.8 Å². The van der Waals surface area contributed by atoms with Crippen molar-refractivity contribution in [3.8, 4) is 33.6 Å². The van der Waals surface area contributed by atoms with E-state index in [4.69, 9.17) is 8.53 Å². The summed E-state index contributed by atoms with van der Waals surface area (Å²) in [5, 5.41) is 4.96. The molecule has 0 fully saturated rings. The molecule has 7 aromatic rings. The molecule has 0 atom stereocenters. The molecule has 46 heavy (non-hydrogen) atoms. The van der Waals surface area contributed by atoms with Crippen LogP contribution < -0.4 is 14.8 Å². The van der Waals surface area contributed by atoms with Crippen LogP contribution in [0.25, 0.3) is 55.6 Å². The topological polar surface area (TPSA) is 38.9 Å². The molecule has 0 saturated heterocycles. The first kappa shape index (κ1) is 28.6. The van der Waals surface area contributed by atoms with Gasteiger partial charge in [-0.1, -0.05) is 66.0 Å². The first-order chi connectivity index (χ1) is 22.8. The van der Waals surface area contributed by atoms with Gasteiger partial charge in [0.25, 0.3) is 0 Å². The number of furan rings is 1. The number of nitrogens with zero attached hydrogens (tertiary/aromatic N) is 2. The van der Waals surface area contributed by atoms with Crippen LogP contribution in [0.15, 0.2) is 114 Å². The third-order valence-corrected chi connectivity index (χ3v) is 16.6. The summed E-state index contributed by atoms with van der Waals surface area (Å²) >= 11 is -1.72. The van der Waals surface area contributed by atoms with Gasteiger partial charge in [0.15, 0.2) is 0 Å². The normalized spacial score (nSPS) is 14.2. The first-order valence-electron chi connectivity index (χ1n) is 16.7. The zero-order chi connectivity index (χ0) is 33.8. The van der Waals surface area contributed by atoms with Gasteiger partial charge in [-0.2, -0.15) is 0 Å². The van der Waals surface area contributed by atoms with Crippen molar-refractivity contribution in [3.63, 3.8) is 0 Å². The predicted octanol–water partition coefficient (Wildman–Crippen LogP) is 8.65. The molecule has 3 aromatic heterocycles.